The zero-order chi connectivity index (χ0) is 21.8. The normalized spacial score (nSPS) is 12.2. The fraction of sp³-hybridized carbons (Fsp3) is 0.192. The summed E-state index contributed by atoms with van der Waals surface area (Å²) in [6, 6.07) is 24.3. The second kappa shape index (κ2) is 9.14. The Bertz CT molecular complexity index is 1200. The number of benzene rings is 3. The van der Waals surface area contributed by atoms with Crippen LogP contribution < -0.4 is 5.32 Å². The third kappa shape index (κ3) is 4.37. The van der Waals surface area contributed by atoms with Gasteiger partial charge in [-0.05, 0) is 23.6 Å². The van der Waals surface area contributed by atoms with Gasteiger partial charge in [0, 0.05) is 35.1 Å². The van der Waals surface area contributed by atoms with Crippen molar-refractivity contribution in [2.24, 2.45) is 0 Å². The van der Waals surface area contributed by atoms with E-state index in [1.807, 2.05) is 42.5 Å². The molecule has 0 saturated heterocycles. The van der Waals surface area contributed by atoms with Crippen molar-refractivity contribution in [1.29, 1.82) is 0 Å². The monoisotopic (exact) mass is 416 g/mol. The molecule has 0 amide bonds. The summed E-state index contributed by atoms with van der Waals surface area (Å²) in [5, 5.41) is 14.3. The van der Waals surface area contributed by atoms with Gasteiger partial charge in [-0.15, -0.1) is 0 Å². The highest BCUT2D eigenvalue weighted by Crippen LogP contribution is 2.28. The van der Waals surface area contributed by atoms with Crippen LogP contribution in [0.1, 0.15) is 40.0 Å². The van der Waals surface area contributed by atoms with E-state index in [9.17, 15) is 14.3 Å². The highest BCUT2D eigenvalue weighted by atomic mass is 19.1. The summed E-state index contributed by atoms with van der Waals surface area (Å²) in [6.07, 6.45) is 0. The third-order valence-electron chi connectivity index (χ3n) is 5.69. The molecule has 5 heteroatoms. The number of para-hydroxylation sites is 1. The van der Waals surface area contributed by atoms with Crippen molar-refractivity contribution < 1.29 is 14.3 Å². The fourth-order valence-corrected chi connectivity index (χ4v) is 4.07. The minimum atomic E-state index is -1.01. The van der Waals surface area contributed by atoms with Gasteiger partial charge in [-0.2, -0.15) is 0 Å². The van der Waals surface area contributed by atoms with Crippen molar-refractivity contribution in [1.82, 2.24) is 9.88 Å². The molecular weight excluding hydrogens is 391 g/mol. The number of fused-ring (bicyclic) bond motifs is 1. The number of halogens is 1. The molecule has 158 valence electrons. The van der Waals surface area contributed by atoms with E-state index in [2.05, 4.69) is 24.4 Å². The summed E-state index contributed by atoms with van der Waals surface area (Å²) >= 11 is 0. The quantitative estimate of drug-likeness (QED) is 0.403. The van der Waals surface area contributed by atoms with Gasteiger partial charge in [-0.1, -0.05) is 73.7 Å². The van der Waals surface area contributed by atoms with Crippen molar-refractivity contribution in [3.63, 3.8) is 0 Å². The van der Waals surface area contributed by atoms with Gasteiger partial charge >= 0.3 is 5.97 Å². The topological polar surface area (TPSA) is 54.3 Å². The molecule has 0 radical (unpaired) electrons. The molecule has 1 heterocycles. The Labute approximate surface area is 181 Å². The molecule has 0 aliphatic carbocycles. The molecule has 0 unspecified atom stereocenters. The van der Waals surface area contributed by atoms with Crippen LogP contribution >= 0.6 is 0 Å². The standard InChI is InChI=1S/C26H25FN2O2/c1-18(19-9-3-2-4-10-19)15-28-16-22-21-12-6-8-14-24(21)29(25(22)26(30)31)17-20-11-5-7-13-23(20)27/h2-14,18,28H,15-17H2,1H3,(H,30,31)/t18-/m0/s1. The SMILES string of the molecule is C[C@@H](CNCc1c(C(=O)O)n(Cc2ccccc2F)c2ccccc12)c1ccccc1. The molecular formula is C26H25FN2O2. The van der Waals surface area contributed by atoms with Crippen molar-refractivity contribution in [3.05, 3.63) is 107 Å². The molecule has 0 bridgehead atoms. The van der Waals surface area contributed by atoms with Crippen LogP contribution in [0.5, 0.6) is 0 Å². The highest BCUT2D eigenvalue weighted by Gasteiger charge is 2.22. The zero-order valence-corrected chi connectivity index (χ0v) is 17.4. The lowest BCUT2D eigenvalue weighted by atomic mass is 10.0. The molecule has 0 fully saturated rings. The van der Waals surface area contributed by atoms with Crippen LogP contribution in [0.25, 0.3) is 10.9 Å². The first-order chi connectivity index (χ1) is 15.1. The van der Waals surface area contributed by atoms with Gasteiger partial charge in [0.2, 0.25) is 0 Å². The molecule has 4 nitrogen and oxygen atoms in total. The lowest BCUT2D eigenvalue weighted by Crippen LogP contribution is -2.21. The Morgan fingerprint density at radius 2 is 1.68 bits per heavy atom. The van der Waals surface area contributed by atoms with Crippen LogP contribution in [0.15, 0.2) is 78.9 Å². The number of hydrogen-bond donors (Lipinski definition) is 2. The Hall–Kier alpha value is -3.44. The number of carboxylic acids is 1. The van der Waals surface area contributed by atoms with E-state index in [1.165, 1.54) is 11.6 Å². The van der Waals surface area contributed by atoms with Crippen LogP contribution in [-0.4, -0.2) is 22.2 Å². The Kier molecular flexibility index (Phi) is 6.14. The predicted molar refractivity (Wildman–Crippen MR) is 121 cm³/mol. The molecule has 4 aromatic rings. The Balaban J connectivity index is 1.66. The minimum Gasteiger partial charge on any atom is -0.477 e. The number of aromatic nitrogens is 1. The average molecular weight is 416 g/mol. The lowest BCUT2D eigenvalue weighted by molar-refractivity contribution is 0.0684. The van der Waals surface area contributed by atoms with Gasteiger partial charge in [0.15, 0.2) is 0 Å². The van der Waals surface area contributed by atoms with E-state index in [-0.39, 0.29) is 18.1 Å². The zero-order valence-electron chi connectivity index (χ0n) is 17.4. The molecule has 0 spiro atoms. The molecule has 4 rings (SSSR count). The smallest absolute Gasteiger partial charge is 0.352 e. The Morgan fingerprint density at radius 3 is 2.42 bits per heavy atom. The first-order valence-electron chi connectivity index (χ1n) is 10.4. The van der Waals surface area contributed by atoms with Gasteiger partial charge in [-0.25, -0.2) is 9.18 Å². The van der Waals surface area contributed by atoms with Gasteiger partial charge in [0.1, 0.15) is 11.5 Å². The first kappa shape index (κ1) is 20.8. The second-order valence-corrected chi connectivity index (χ2v) is 7.77. The number of nitrogens with one attached hydrogen (secondary N) is 1. The fourth-order valence-electron chi connectivity index (χ4n) is 4.07. The lowest BCUT2D eigenvalue weighted by Gasteiger charge is -2.14. The molecule has 3 aromatic carbocycles. The number of rotatable bonds is 8. The number of hydrogen-bond acceptors (Lipinski definition) is 2. The van der Waals surface area contributed by atoms with E-state index < -0.39 is 5.97 Å². The number of nitrogens with zero attached hydrogens (tertiary/aromatic N) is 1. The van der Waals surface area contributed by atoms with E-state index >= 15 is 0 Å². The van der Waals surface area contributed by atoms with Crippen LogP contribution in [0.2, 0.25) is 0 Å². The summed E-state index contributed by atoms with van der Waals surface area (Å²) in [7, 11) is 0. The maximum absolute atomic E-state index is 14.3. The van der Waals surface area contributed by atoms with E-state index in [0.29, 0.717) is 18.0 Å². The van der Waals surface area contributed by atoms with E-state index in [1.54, 1.807) is 22.8 Å². The van der Waals surface area contributed by atoms with E-state index in [4.69, 9.17) is 0 Å². The summed E-state index contributed by atoms with van der Waals surface area (Å²) in [6.45, 7) is 3.44. The van der Waals surface area contributed by atoms with Gasteiger partial charge < -0.3 is 15.0 Å². The van der Waals surface area contributed by atoms with Gasteiger partial charge in [0.25, 0.3) is 0 Å². The first-order valence-corrected chi connectivity index (χ1v) is 10.4. The minimum absolute atomic E-state index is 0.162. The van der Waals surface area contributed by atoms with E-state index in [0.717, 1.165) is 23.0 Å². The van der Waals surface area contributed by atoms with Crippen LogP contribution in [0.4, 0.5) is 4.39 Å². The van der Waals surface area contributed by atoms with Crippen molar-refractivity contribution in [3.8, 4) is 0 Å². The summed E-state index contributed by atoms with van der Waals surface area (Å²) < 4.78 is 16.0. The molecule has 2 N–H and O–H groups in total. The summed E-state index contributed by atoms with van der Waals surface area (Å²) in [5.74, 6) is -1.06. The van der Waals surface area contributed by atoms with Crippen LogP contribution in [0.3, 0.4) is 0 Å². The molecule has 31 heavy (non-hydrogen) atoms. The van der Waals surface area contributed by atoms with Crippen molar-refractivity contribution >= 4 is 16.9 Å². The van der Waals surface area contributed by atoms with Crippen LogP contribution in [0, 0.1) is 5.82 Å². The second-order valence-electron chi connectivity index (χ2n) is 7.77. The average Bonchev–Trinajstić information content (AvgIpc) is 3.09. The van der Waals surface area contributed by atoms with Gasteiger partial charge in [0.05, 0.1) is 6.54 Å². The number of carboxylic acid groups (broad SMARTS) is 1. The predicted octanol–water partition coefficient (Wildman–Crippen LogP) is 5.42. The van der Waals surface area contributed by atoms with Crippen molar-refractivity contribution in [2.75, 3.05) is 6.54 Å². The molecule has 0 saturated carbocycles. The molecule has 1 aromatic heterocycles. The number of aromatic carboxylic acids is 1. The molecule has 1 atom stereocenters. The van der Waals surface area contributed by atoms with Crippen LogP contribution in [-0.2, 0) is 13.1 Å². The number of carbonyl (C=O) groups is 1. The largest absolute Gasteiger partial charge is 0.477 e. The molecule has 0 aliphatic heterocycles. The van der Waals surface area contributed by atoms with Crippen molar-refractivity contribution in [2.45, 2.75) is 25.9 Å². The Morgan fingerprint density at radius 1 is 1.00 bits per heavy atom. The van der Waals surface area contributed by atoms with Gasteiger partial charge in [-0.3, -0.25) is 0 Å². The summed E-state index contributed by atoms with van der Waals surface area (Å²) in [5.41, 5.74) is 3.40. The highest BCUT2D eigenvalue weighted by molar-refractivity contribution is 5.98. The summed E-state index contributed by atoms with van der Waals surface area (Å²) in [4.78, 5) is 12.3. The third-order valence-corrected chi connectivity index (χ3v) is 5.69. The molecule has 0 aliphatic rings. The maximum Gasteiger partial charge on any atom is 0.352 e. The maximum atomic E-state index is 14.3.